The molecule has 2 aromatic rings. The number of ether oxygens (including phenoxy) is 1. The van der Waals surface area contributed by atoms with E-state index in [0.29, 0.717) is 5.56 Å². The van der Waals surface area contributed by atoms with Gasteiger partial charge < -0.3 is 19.3 Å². The van der Waals surface area contributed by atoms with Gasteiger partial charge in [0.15, 0.2) is 0 Å². The summed E-state index contributed by atoms with van der Waals surface area (Å²) in [5.74, 6) is -0.606. The predicted molar refractivity (Wildman–Crippen MR) is 85.4 cm³/mol. The average Bonchev–Trinajstić information content (AvgIpc) is 3.12. The third kappa shape index (κ3) is 4.43. The number of carbonyl (C=O) groups is 2. The van der Waals surface area contributed by atoms with E-state index in [9.17, 15) is 9.59 Å². The van der Waals surface area contributed by atoms with E-state index >= 15 is 0 Å². The van der Waals surface area contributed by atoms with Gasteiger partial charge in [0.25, 0.3) is 5.91 Å². The van der Waals surface area contributed by atoms with Crippen molar-refractivity contribution in [1.29, 1.82) is 0 Å². The summed E-state index contributed by atoms with van der Waals surface area (Å²) in [6, 6.07) is 11.0. The van der Waals surface area contributed by atoms with Crippen LogP contribution in [-0.2, 0) is 9.53 Å². The molecule has 0 unspecified atom stereocenters. The van der Waals surface area contributed by atoms with Crippen LogP contribution in [-0.4, -0.2) is 53.3 Å². The maximum atomic E-state index is 12.5. The van der Waals surface area contributed by atoms with E-state index < -0.39 is 0 Å². The topological polar surface area (TPSA) is 71.8 Å². The molecule has 0 aliphatic heterocycles. The van der Waals surface area contributed by atoms with Crippen LogP contribution in [0.1, 0.15) is 16.8 Å². The zero-order chi connectivity index (χ0) is 16.7. The van der Waals surface area contributed by atoms with Crippen molar-refractivity contribution in [3.63, 3.8) is 0 Å². The third-order valence-electron chi connectivity index (χ3n) is 3.49. The van der Waals surface area contributed by atoms with Crippen LogP contribution in [0.25, 0.3) is 5.69 Å². The van der Waals surface area contributed by atoms with E-state index in [1.165, 1.54) is 12.0 Å². The molecule has 122 valence electrons. The second-order valence-electron chi connectivity index (χ2n) is 4.98. The summed E-state index contributed by atoms with van der Waals surface area (Å²) < 4.78 is 6.52. The number of aliphatic hydroxyl groups excluding tert-OH is 1. The molecule has 2 rings (SSSR count). The molecule has 6 nitrogen and oxygen atoms in total. The molecule has 0 saturated carbocycles. The van der Waals surface area contributed by atoms with Gasteiger partial charge >= 0.3 is 5.97 Å². The average molecular weight is 316 g/mol. The Bertz CT molecular complexity index is 635. The molecule has 23 heavy (non-hydrogen) atoms. The maximum Gasteiger partial charge on any atom is 0.307 e. The number of aromatic nitrogens is 1. The number of methoxy groups -OCH3 is 1. The lowest BCUT2D eigenvalue weighted by Crippen LogP contribution is -2.35. The molecule has 6 heteroatoms. The number of hydrogen-bond acceptors (Lipinski definition) is 4. The second-order valence-corrected chi connectivity index (χ2v) is 4.98. The monoisotopic (exact) mass is 316 g/mol. The fraction of sp³-hybridized carbons (Fsp3) is 0.294. The Hall–Kier alpha value is -2.60. The molecule has 0 fully saturated rings. The van der Waals surface area contributed by atoms with Crippen molar-refractivity contribution < 1.29 is 19.4 Å². The van der Waals surface area contributed by atoms with Crippen LogP contribution in [0.15, 0.2) is 48.8 Å². The summed E-state index contributed by atoms with van der Waals surface area (Å²) >= 11 is 0. The molecule has 1 amide bonds. The lowest BCUT2D eigenvalue weighted by atomic mass is 10.1. The molecular weight excluding hydrogens is 296 g/mol. The molecule has 1 N–H and O–H groups in total. The smallest absolute Gasteiger partial charge is 0.307 e. The van der Waals surface area contributed by atoms with Crippen LogP contribution in [0.5, 0.6) is 0 Å². The molecule has 0 saturated heterocycles. The first kappa shape index (κ1) is 16.8. The highest BCUT2D eigenvalue weighted by atomic mass is 16.5. The summed E-state index contributed by atoms with van der Waals surface area (Å²) in [7, 11) is 1.31. The molecule has 0 atom stereocenters. The van der Waals surface area contributed by atoms with E-state index in [1.807, 2.05) is 41.2 Å². The molecule has 1 aromatic carbocycles. The van der Waals surface area contributed by atoms with Crippen molar-refractivity contribution in [1.82, 2.24) is 9.47 Å². The van der Waals surface area contributed by atoms with Crippen molar-refractivity contribution in [2.24, 2.45) is 0 Å². The quantitative estimate of drug-likeness (QED) is 0.785. The van der Waals surface area contributed by atoms with Gasteiger partial charge in [-0.3, -0.25) is 9.59 Å². The largest absolute Gasteiger partial charge is 0.469 e. The maximum absolute atomic E-state index is 12.5. The van der Waals surface area contributed by atoms with Crippen molar-refractivity contribution in [3.8, 4) is 5.69 Å². The standard InChI is InChI=1S/C17H20N2O4/c1-23-16(21)8-11-19(12-13-20)17(22)14-4-6-15(7-5-14)18-9-2-3-10-18/h2-7,9-10,20H,8,11-13H2,1H3. The van der Waals surface area contributed by atoms with E-state index in [1.54, 1.807) is 12.1 Å². The normalized spacial score (nSPS) is 10.3. The number of amides is 1. The molecule has 1 aromatic heterocycles. The van der Waals surface area contributed by atoms with Crippen LogP contribution in [0, 0.1) is 0 Å². The van der Waals surface area contributed by atoms with Gasteiger partial charge in [-0.1, -0.05) is 0 Å². The van der Waals surface area contributed by atoms with Crippen LogP contribution in [0.2, 0.25) is 0 Å². The Kier molecular flexibility index (Phi) is 5.94. The number of carbonyl (C=O) groups excluding carboxylic acids is 2. The first-order chi connectivity index (χ1) is 11.2. The van der Waals surface area contributed by atoms with Crippen LogP contribution >= 0.6 is 0 Å². The Morgan fingerprint density at radius 1 is 1.13 bits per heavy atom. The number of rotatable bonds is 7. The summed E-state index contributed by atoms with van der Waals surface area (Å²) in [6.07, 6.45) is 3.94. The SMILES string of the molecule is COC(=O)CCN(CCO)C(=O)c1ccc(-n2cccc2)cc1. The van der Waals surface area contributed by atoms with Gasteiger partial charge in [0.05, 0.1) is 20.1 Å². The lowest BCUT2D eigenvalue weighted by molar-refractivity contribution is -0.140. The number of nitrogens with zero attached hydrogens (tertiary/aromatic N) is 2. The zero-order valence-electron chi connectivity index (χ0n) is 13.0. The van der Waals surface area contributed by atoms with Gasteiger partial charge in [-0.2, -0.15) is 0 Å². The molecule has 0 aliphatic rings. The first-order valence-electron chi connectivity index (χ1n) is 7.36. The van der Waals surface area contributed by atoms with E-state index in [0.717, 1.165) is 5.69 Å². The van der Waals surface area contributed by atoms with Crippen molar-refractivity contribution >= 4 is 11.9 Å². The van der Waals surface area contributed by atoms with Crippen molar-refractivity contribution in [2.45, 2.75) is 6.42 Å². The van der Waals surface area contributed by atoms with Crippen LogP contribution < -0.4 is 0 Å². The fourth-order valence-electron chi connectivity index (χ4n) is 2.23. The van der Waals surface area contributed by atoms with E-state index in [2.05, 4.69) is 4.74 Å². The Morgan fingerprint density at radius 2 is 1.78 bits per heavy atom. The highest BCUT2D eigenvalue weighted by Gasteiger charge is 2.16. The number of hydrogen-bond donors (Lipinski definition) is 1. The molecule has 0 bridgehead atoms. The van der Waals surface area contributed by atoms with Crippen molar-refractivity contribution in [2.75, 3.05) is 26.8 Å². The zero-order valence-corrected chi connectivity index (χ0v) is 13.0. The predicted octanol–water partition coefficient (Wildman–Crippen LogP) is 1.47. The molecular formula is C17H20N2O4. The third-order valence-corrected chi connectivity index (χ3v) is 3.49. The highest BCUT2D eigenvalue weighted by Crippen LogP contribution is 2.12. The lowest BCUT2D eigenvalue weighted by Gasteiger charge is -2.21. The molecule has 0 aliphatic carbocycles. The number of benzene rings is 1. The number of esters is 1. The van der Waals surface area contributed by atoms with Gasteiger partial charge in [-0.15, -0.1) is 0 Å². The summed E-state index contributed by atoms with van der Waals surface area (Å²) in [6.45, 7) is 0.231. The fourth-order valence-corrected chi connectivity index (χ4v) is 2.23. The summed E-state index contributed by atoms with van der Waals surface area (Å²) in [5, 5.41) is 9.11. The van der Waals surface area contributed by atoms with Gasteiger partial charge in [0.1, 0.15) is 0 Å². The second kappa shape index (κ2) is 8.14. The van der Waals surface area contributed by atoms with Crippen LogP contribution in [0.3, 0.4) is 0 Å². The Morgan fingerprint density at radius 3 is 2.35 bits per heavy atom. The first-order valence-corrected chi connectivity index (χ1v) is 7.36. The minimum atomic E-state index is -0.385. The summed E-state index contributed by atoms with van der Waals surface area (Å²) in [4.78, 5) is 25.2. The minimum Gasteiger partial charge on any atom is -0.469 e. The van der Waals surface area contributed by atoms with Crippen LogP contribution in [0.4, 0.5) is 0 Å². The van der Waals surface area contributed by atoms with Crippen molar-refractivity contribution in [3.05, 3.63) is 54.4 Å². The van der Waals surface area contributed by atoms with Gasteiger partial charge in [0.2, 0.25) is 0 Å². The Balaban J connectivity index is 2.08. The van der Waals surface area contributed by atoms with Gasteiger partial charge in [-0.05, 0) is 36.4 Å². The number of aliphatic hydroxyl groups is 1. The van der Waals surface area contributed by atoms with E-state index in [-0.39, 0.29) is 38.0 Å². The minimum absolute atomic E-state index is 0.101. The molecule has 1 heterocycles. The Labute approximate surface area is 134 Å². The highest BCUT2D eigenvalue weighted by molar-refractivity contribution is 5.94. The summed E-state index contributed by atoms with van der Waals surface area (Å²) in [5.41, 5.74) is 1.47. The molecule has 0 spiro atoms. The van der Waals surface area contributed by atoms with Gasteiger partial charge in [-0.25, -0.2) is 0 Å². The van der Waals surface area contributed by atoms with E-state index in [4.69, 9.17) is 5.11 Å². The molecule has 0 radical (unpaired) electrons. The van der Waals surface area contributed by atoms with Gasteiger partial charge in [0, 0.05) is 36.7 Å².